The molecule has 0 spiro atoms. The van der Waals surface area contributed by atoms with Crippen molar-refractivity contribution in [2.45, 2.75) is 30.2 Å². The van der Waals surface area contributed by atoms with Crippen LogP contribution in [0.25, 0.3) is 0 Å². The van der Waals surface area contributed by atoms with Crippen molar-refractivity contribution >= 4 is 10.0 Å². The van der Waals surface area contributed by atoms with E-state index in [-0.39, 0.29) is 4.90 Å². The Balaban J connectivity index is 1.52. The third-order valence-corrected chi connectivity index (χ3v) is 5.12. The summed E-state index contributed by atoms with van der Waals surface area (Å²) in [6, 6.07) is 0.778. The number of nitrogens with one attached hydrogen (secondary N) is 2. The molecule has 1 aromatic heterocycles. The molecule has 18 heavy (non-hydrogen) atoms. The summed E-state index contributed by atoms with van der Waals surface area (Å²) in [5.74, 6) is 0.437. The van der Waals surface area contributed by atoms with E-state index in [1.807, 2.05) is 0 Å². The van der Waals surface area contributed by atoms with Gasteiger partial charge < -0.3 is 4.90 Å². The van der Waals surface area contributed by atoms with Gasteiger partial charge in [0.15, 0.2) is 0 Å². The van der Waals surface area contributed by atoms with Gasteiger partial charge in [-0.25, -0.2) is 13.1 Å². The number of hydrogen-bond acceptors (Lipinski definition) is 4. The number of sulfonamides is 1. The highest BCUT2D eigenvalue weighted by molar-refractivity contribution is 7.89. The molecule has 0 radical (unpaired) electrons. The van der Waals surface area contributed by atoms with Gasteiger partial charge in [-0.3, -0.25) is 5.10 Å². The zero-order valence-electron chi connectivity index (χ0n) is 10.2. The highest BCUT2D eigenvalue weighted by Crippen LogP contribution is 2.31. The number of H-pyrrole nitrogens is 1. The average molecular weight is 270 g/mol. The van der Waals surface area contributed by atoms with Gasteiger partial charge in [-0.2, -0.15) is 5.10 Å². The Morgan fingerprint density at radius 3 is 2.94 bits per heavy atom. The molecule has 2 N–H and O–H groups in total. The van der Waals surface area contributed by atoms with Crippen molar-refractivity contribution in [3.05, 3.63) is 12.4 Å². The van der Waals surface area contributed by atoms with E-state index in [0.717, 1.165) is 25.6 Å². The molecule has 2 aliphatic rings. The van der Waals surface area contributed by atoms with Gasteiger partial charge >= 0.3 is 0 Å². The van der Waals surface area contributed by atoms with Crippen LogP contribution >= 0.6 is 0 Å². The highest BCUT2D eigenvalue weighted by Gasteiger charge is 2.34. The predicted octanol–water partition coefficient (Wildman–Crippen LogP) is 0.172. The molecule has 0 amide bonds. The van der Waals surface area contributed by atoms with E-state index >= 15 is 0 Å². The fraction of sp³-hybridized carbons (Fsp3) is 0.727. The van der Waals surface area contributed by atoms with Gasteiger partial charge in [0.25, 0.3) is 0 Å². The summed E-state index contributed by atoms with van der Waals surface area (Å²) in [6.45, 7) is 2.66. The summed E-state index contributed by atoms with van der Waals surface area (Å²) in [5.41, 5.74) is 0. The third kappa shape index (κ3) is 2.57. The molecule has 2 fully saturated rings. The second-order valence-electron chi connectivity index (χ2n) is 5.17. The third-order valence-electron chi connectivity index (χ3n) is 3.73. The molecule has 7 heteroatoms. The molecule has 1 aromatic rings. The fourth-order valence-corrected chi connectivity index (χ4v) is 3.52. The first-order valence-electron chi connectivity index (χ1n) is 6.37. The van der Waals surface area contributed by atoms with Crippen molar-refractivity contribution in [2.24, 2.45) is 5.92 Å². The Morgan fingerprint density at radius 2 is 2.28 bits per heavy atom. The normalized spacial score (nSPS) is 25.7. The van der Waals surface area contributed by atoms with Gasteiger partial charge in [-0.15, -0.1) is 0 Å². The molecule has 2 heterocycles. The first-order chi connectivity index (χ1) is 8.65. The number of aromatic amines is 1. The summed E-state index contributed by atoms with van der Waals surface area (Å²) >= 11 is 0. The van der Waals surface area contributed by atoms with Crippen molar-refractivity contribution in [2.75, 3.05) is 19.6 Å². The van der Waals surface area contributed by atoms with E-state index in [2.05, 4.69) is 19.8 Å². The smallest absolute Gasteiger partial charge is 0.243 e. The summed E-state index contributed by atoms with van der Waals surface area (Å²) in [6.07, 6.45) is 6.44. The minimum atomic E-state index is -3.39. The minimum Gasteiger partial charge on any atom is -0.300 e. The van der Waals surface area contributed by atoms with Crippen LogP contribution in [-0.4, -0.2) is 49.2 Å². The Morgan fingerprint density at radius 1 is 1.44 bits per heavy atom. The number of likely N-dealkylation sites (tertiary alicyclic amines) is 1. The Kier molecular flexibility index (Phi) is 3.13. The Hall–Kier alpha value is -0.920. The minimum absolute atomic E-state index is 0.208. The zero-order chi connectivity index (χ0) is 12.6. The molecule has 1 unspecified atom stereocenters. The van der Waals surface area contributed by atoms with Crippen molar-refractivity contribution in [3.63, 3.8) is 0 Å². The van der Waals surface area contributed by atoms with Gasteiger partial charge in [0.1, 0.15) is 4.90 Å². The Labute approximate surface area is 107 Å². The predicted molar refractivity (Wildman–Crippen MR) is 66.5 cm³/mol. The largest absolute Gasteiger partial charge is 0.300 e. The number of aromatic nitrogens is 2. The zero-order valence-corrected chi connectivity index (χ0v) is 11.0. The molecular formula is C11H18N4O2S. The van der Waals surface area contributed by atoms with E-state index < -0.39 is 10.0 Å². The number of nitrogens with zero attached hydrogens (tertiary/aromatic N) is 2. The van der Waals surface area contributed by atoms with Crippen LogP contribution in [0.3, 0.4) is 0 Å². The lowest BCUT2D eigenvalue weighted by Gasteiger charge is -2.14. The second kappa shape index (κ2) is 4.64. The van der Waals surface area contributed by atoms with Crippen LogP contribution in [0.2, 0.25) is 0 Å². The van der Waals surface area contributed by atoms with Gasteiger partial charge in [0.2, 0.25) is 10.0 Å². The molecule has 1 aliphatic heterocycles. The van der Waals surface area contributed by atoms with Crippen molar-refractivity contribution < 1.29 is 8.42 Å². The van der Waals surface area contributed by atoms with Gasteiger partial charge in [0.05, 0.1) is 6.20 Å². The van der Waals surface area contributed by atoms with Crippen LogP contribution in [0.5, 0.6) is 0 Å². The van der Waals surface area contributed by atoms with Crippen molar-refractivity contribution in [1.82, 2.24) is 19.8 Å². The summed E-state index contributed by atoms with van der Waals surface area (Å²) in [4.78, 5) is 2.69. The van der Waals surface area contributed by atoms with Crippen LogP contribution in [0.15, 0.2) is 17.3 Å². The number of hydrogen-bond donors (Lipinski definition) is 2. The summed E-state index contributed by atoms with van der Waals surface area (Å²) in [7, 11) is -3.39. The van der Waals surface area contributed by atoms with Crippen LogP contribution in [0.4, 0.5) is 0 Å². The molecule has 1 saturated carbocycles. The molecule has 3 rings (SSSR count). The van der Waals surface area contributed by atoms with E-state index in [4.69, 9.17) is 0 Å². The lowest BCUT2D eigenvalue weighted by Crippen LogP contribution is -2.31. The number of rotatable bonds is 5. The molecule has 0 aromatic carbocycles. The van der Waals surface area contributed by atoms with E-state index in [1.165, 1.54) is 25.2 Å². The Bertz CT molecular complexity index is 495. The van der Waals surface area contributed by atoms with E-state index in [1.54, 1.807) is 0 Å². The standard InChI is InChI=1S/C11H18N4O2S/c16-18(17,11-6-12-13-7-11)14-5-9-3-4-15(8-9)10-1-2-10/h6-7,9-10,14H,1-5,8H2,(H,12,13). The second-order valence-corrected chi connectivity index (χ2v) is 6.93. The molecule has 100 valence electrons. The van der Waals surface area contributed by atoms with Gasteiger partial charge in [-0.05, 0) is 31.7 Å². The monoisotopic (exact) mass is 270 g/mol. The van der Waals surface area contributed by atoms with E-state index in [9.17, 15) is 8.42 Å². The quantitative estimate of drug-likeness (QED) is 0.799. The molecule has 6 nitrogen and oxygen atoms in total. The van der Waals surface area contributed by atoms with E-state index in [0.29, 0.717) is 12.5 Å². The lowest BCUT2D eigenvalue weighted by atomic mass is 10.1. The first-order valence-corrected chi connectivity index (χ1v) is 7.86. The SMILES string of the molecule is O=S(=O)(NCC1CCN(C2CC2)C1)c1cn[nH]c1. The maximum Gasteiger partial charge on any atom is 0.243 e. The first kappa shape index (κ1) is 12.1. The van der Waals surface area contributed by atoms with Gasteiger partial charge in [0, 0.05) is 25.3 Å². The molecule has 1 saturated heterocycles. The average Bonchev–Trinajstić information content (AvgIpc) is 2.88. The molecule has 0 bridgehead atoms. The van der Waals surface area contributed by atoms with Crippen LogP contribution in [-0.2, 0) is 10.0 Å². The van der Waals surface area contributed by atoms with Gasteiger partial charge in [-0.1, -0.05) is 0 Å². The summed E-state index contributed by atoms with van der Waals surface area (Å²) in [5, 5.41) is 6.18. The maximum atomic E-state index is 11.9. The van der Waals surface area contributed by atoms with Crippen molar-refractivity contribution in [3.8, 4) is 0 Å². The van der Waals surface area contributed by atoms with Crippen molar-refractivity contribution in [1.29, 1.82) is 0 Å². The molecule has 1 atom stereocenters. The van der Waals surface area contributed by atoms with Crippen LogP contribution < -0.4 is 4.72 Å². The lowest BCUT2D eigenvalue weighted by molar-refractivity contribution is 0.314. The maximum absolute atomic E-state index is 11.9. The fourth-order valence-electron chi connectivity index (χ4n) is 2.50. The van der Waals surface area contributed by atoms with Crippen LogP contribution in [0, 0.1) is 5.92 Å². The van der Waals surface area contributed by atoms with Crippen LogP contribution in [0.1, 0.15) is 19.3 Å². The topological polar surface area (TPSA) is 78.1 Å². The summed E-state index contributed by atoms with van der Waals surface area (Å²) < 4.78 is 26.5. The highest BCUT2D eigenvalue weighted by atomic mass is 32.2. The molecular weight excluding hydrogens is 252 g/mol. The molecule has 1 aliphatic carbocycles.